The van der Waals surface area contributed by atoms with E-state index in [1.165, 1.54) is 11.3 Å². The van der Waals surface area contributed by atoms with Crippen LogP contribution in [-0.4, -0.2) is 24.7 Å². The molecule has 0 saturated heterocycles. The van der Waals surface area contributed by atoms with Crippen molar-refractivity contribution in [1.82, 2.24) is 0 Å². The Morgan fingerprint density at radius 3 is 2.57 bits per heavy atom. The molecule has 2 aromatic rings. The number of thiophene rings is 2. The summed E-state index contributed by atoms with van der Waals surface area (Å²) in [5.41, 5.74) is 0.440. The van der Waals surface area contributed by atoms with E-state index in [2.05, 4.69) is 0 Å². The van der Waals surface area contributed by atoms with Gasteiger partial charge in [0, 0.05) is 15.3 Å². The monoisotopic (exact) mass is 363 g/mol. The Labute approximate surface area is 137 Å². The van der Waals surface area contributed by atoms with E-state index in [1.54, 1.807) is 36.7 Å². The second-order valence-electron chi connectivity index (χ2n) is 4.39. The van der Waals surface area contributed by atoms with Crippen LogP contribution < -0.4 is 5.32 Å². The van der Waals surface area contributed by atoms with Crippen LogP contribution in [0.1, 0.15) is 22.2 Å². The molecule has 1 amide bonds. The predicted molar refractivity (Wildman–Crippen MR) is 83.0 cm³/mol. The number of rotatable bonds is 4. The number of aryl methyl sites for hydroxylation is 1. The van der Waals surface area contributed by atoms with Crippen LogP contribution in [0.15, 0.2) is 17.5 Å². The van der Waals surface area contributed by atoms with Gasteiger partial charge in [-0.3, -0.25) is 4.79 Å². The predicted octanol–water partition coefficient (Wildman–Crippen LogP) is 4.46. The summed E-state index contributed by atoms with van der Waals surface area (Å²) in [5, 5.41) is 3.40. The Kier molecular flexibility index (Phi) is 5.10. The van der Waals surface area contributed by atoms with Crippen molar-refractivity contribution in [3.8, 4) is 10.4 Å². The van der Waals surface area contributed by atoms with Gasteiger partial charge in [0.05, 0.1) is 6.61 Å². The first kappa shape index (κ1) is 17.5. The Morgan fingerprint density at radius 2 is 2.04 bits per heavy atom. The normalized spacial score (nSPS) is 11.3. The number of hydrogen-bond acceptors (Lipinski definition) is 5. The van der Waals surface area contributed by atoms with Gasteiger partial charge in [0.2, 0.25) is 0 Å². The maximum atomic E-state index is 12.5. The molecule has 2 rings (SSSR count). The third-order valence-electron chi connectivity index (χ3n) is 2.82. The molecule has 2 aromatic heterocycles. The van der Waals surface area contributed by atoms with E-state index in [0.717, 1.165) is 11.3 Å². The van der Waals surface area contributed by atoms with Gasteiger partial charge in [0.1, 0.15) is 10.6 Å². The minimum Gasteiger partial charge on any atom is -0.462 e. The van der Waals surface area contributed by atoms with E-state index in [9.17, 15) is 22.8 Å². The number of carbonyl (C=O) groups is 2. The number of alkyl halides is 3. The second-order valence-corrected chi connectivity index (χ2v) is 6.56. The number of amides is 1. The molecule has 0 unspecified atom stereocenters. The Morgan fingerprint density at radius 1 is 1.35 bits per heavy atom. The number of anilines is 1. The van der Waals surface area contributed by atoms with Gasteiger partial charge in [0.15, 0.2) is 0 Å². The summed E-state index contributed by atoms with van der Waals surface area (Å²) in [6, 6.07) is 3.51. The smallest absolute Gasteiger partial charge is 0.462 e. The third kappa shape index (κ3) is 3.73. The molecule has 124 valence electrons. The SMILES string of the molecule is CCOC(=O)c1c(NC(=O)C(F)(F)F)sc(C)c1-c1cccs1. The van der Waals surface area contributed by atoms with Gasteiger partial charge in [-0.1, -0.05) is 6.07 Å². The average molecular weight is 363 g/mol. The number of nitrogens with one attached hydrogen (secondary N) is 1. The molecule has 0 aromatic carbocycles. The number of ether oxygens (including phenoxy) is 1. The van der Waals surface area contributed by atoms with Gasteiger partial charge in [-0.2, -0.15) is 13.2 Å². The Hall–Kier alpha value is -1.87. The van der Waals surface area contributed by atoms with Crippen molar-refractivity contribution < 1.29 is 27.5 Å². The lowest BCUT2D eigenvalue weighted by Gasteiger charge is -2.09. The molecule has 0 aliphatic carbocycles. The highest BCUT2D eigenvalue weighted by Crippen LogP contribution is 2.42. The van der Waals surface area contributed by atoms with Crippen molar-refractivity contribution in [2.45, 2.75) is 20.0 Å². The summed E-state index contributed by atoms with van der Waals surface area (Å²) in [5.74, 6) is -2.89. The lowest BCUT2D eigenvalue weighted by atomic mass is 10.1. The van der Waals surface area contributed by atoms with Crippen LogP contribution >= 0.6 is 22.7 Å². The fraction of sp³-hybridized carbons (Fsp3) is 0.286. The van der Waals surface area contributed by atoms with Crippen LogP contribution in [0.2, 0.25) is 0 Å². The molecule has 9 heteroatoms. The second kappa shape index (κ2) is 6.71. The van der Waals surface area contributed by atoms with E-state index >= 15 is 0 Å². The van der Waals surface area contributed by atoms with Crippen LogP contribution in [0.5, 0.6) is 0 Å². The van der Waals surface area contributed by atoms with Crippen molar-refractivity contribution in [2.24, 2.45) is 0 Å². The first-order valence-corrected chi connectivity index (χ1v) is 8.17. The zero-order valence-electron chi connectivity index (χ0n) is 12.1. The van der Waals surface area contributed by atoms with Gasteiger partial charge in [-0.25, -0.2) is 4.79 Å². The number of halogens is 3. The Bertz CT molecular complexity index is 720. The minimum atomic E-state index is -5.03. The highest BCUT2D eigenvalue weighted by Gasteiger charge is 2.40. The minimum absolute atomic E-state index is 0.0469. The summed E-state index contributed by atoms with van der Waals surface area (Å²) in [6.07, 6.45) is -5.03. The molecule has 4 nitrogen and oxygen atoms in total. The van der Waals surface area contributed by atoms with Crippen molar-refractivity contribution >= 4 is 39.6 Å². The first-order valence-electron chi connectivity index (χ1n) is 6.48. The number of hydrogen-bond donors (Lipinski definition) is 1. The number of esters is 1. The van der Waals surface area contributed by atoms with Crippen LogP contribution in [0.25, 0.3) is 10.4 Å². The summed E-state index contributed by atoms with van der Waals surface area (Å²) in [6.45, 7) is 3.34. The Balaban J connectivity index is 2.53. The van der Waals surface area contributed by atoms with Crippen molar-refractivity contribution in [3.63, 3.8) is 0 Å². The summed E-state index contributed by atoms with van der Waals surface area (Å²) >= 11 is 2.25. The quantitative estimate of drug-likeness (QED) is 0.816. The summed E-state index contributed by atoms with van der Waals surface area (Å²) in [4.78, 5) is 24.7. The van der Waals surface area contributed by atoms with Crippen molar-refractivity contribution in [1.29, 1.82) is 0 Å². The molecular weight excluding hydrogens is 351 g/mol. The molecular formula is C14H12F3NO3S2. The van der Waals surface area contributed by atoms with E-state index in [0.29, 0.717) is 15.3 Å². The van der Waals surface area contributed by atoms with Gasteiger partial charge in [-0.05, 0) is 25.3 Å². The topological polar surface area (TPSA) is 55.4 Å². The maximum Gasteiger partial charge on any atom is 0.471 e. The highest BCUT2D eigenvalue weighted by molar-refractivity contribution is 7.18. The average Bonchev–Trinajstić information content (AvgIpc) is 3.05. The van der Waals surface area contributed by atoms with E-state index in [4.69, 9.17) is 4.74 Å². The molecule has 1 N–H and O–H groups in total. The fourth-order valence-corrected chi connectivity index (χ4v) is 3.87. The van der Waals surface area contributed by atoms with Crippen LogP contribution in [0.4, 0.5) is 18.2 Å². The largest absolute Gasteiger partial charge is 0.471 e. The van der Waals surface area contributed by atoms with Gasteiger partial charge >= 0.3 is 18.1 Å². The zero-order chi connectivity index (χ0) is 17.2. The van der Waals surface area contributed by atoms with Crippen molar-refractivity contribution in [3.05, 3.63) is 28.0 Å². The highest BCUT2D eigenvalue weighted by atomic mass is 32.1. The lowest BCUT2D eigenvalue weighted by Crippen LogP contribution is -2.30. The molecule has 0 atom stereocenters. The molecule has 2 heterocycles. The van der Waals surface area contributed by atoms with E-state index < -0.39 is 18.1 Å². The maximum absolute atomic E-state index is 12.5. The van der Waals surface area contributed by atoms with Crippen molar-refractivity contribution in [2.75, 3.05) is 11.9 Å². The molecule has 0 aliphatic heterocycles. The molecule has 0 fully saturated rings. The lowest BCUT2D eigenvalue weighted by molar-refractivity contribution is -0.167. The van der Waals surface area contributed by atoms with Crippen LogP contribution in [0, 0.1) is 6.92 Å². The molecule has 0 radical (unpaired) electrons. The molecule has 0 saturated carbocycles. The summed E-state index contributed by atoms with van der Waals surface area (Å²) in [7, 11) is 0. The molecule has 23 heavy (non-hydrogen) atoms. The number of carbonyl (C=O) groups excluding carboxylic acids is 2. The van der Waals surface area contributed by atoms with Gasteiger partial charge in [-0.15, -0.1) is 22.7 Å². The molecule has 0 bridgehead atoms. The molecule has 0 spiro atoms. The standard InChI is InChI=1S/C14H12F3NO3S2/c1-3-21-12(19)10-9(8-5-4-6-22-8)7(2)23-11(10)18-13(20)14(15,16)17/h4-6H,3H2,1-2H3,(H,18,20). The fourth-order valence-electron chi connectivity index (χ4n) is 1.92. The molecule has 0 aliphatic rings. The third-order valence-corrected chi connectivity index (χ3v) is 4.72. The first-order chi connectivity index (χ1) is 10.8. The van der Waals surface area contributed by atoms with Crippen LogP contribution in [-0.2, 0) is 9.53 Å². The van der Waals surface area contributed by atoms with E-state index in [-0.39, 0.29) is 17.2 Å². The van der Waals surface area contributed by atoms with Gasteiger partial charge < -0.3 is 10.1 Å². The van der Waals surface area contributed by atoms with E-state index in [1.807, 2.05) is 0 Å². The van der Waals surface area contributed by atoms with Crippen LogP contribution in [0.3, 0.4) is 0 Å². The summed E-state index contributed by atoms with van der Waals surface area (Å²) < 4.78 is 42.4. The van der Waals surface area contributed by atoms with Gasteiger partial charge in [0.25, 0.3) is 0 Å². The zero-order valence-corrected chi connectivity index (χ0v) is 13.7.